The molecule has 2 N–H and O–H groups in total. The number of nitrogens with one attached hydrogen (secondary N) is 1. The first kappa shape index (κ1) is 15.6. The lowest BCUT2D eigenvalue weighted by molar-refractivity contribution is -0.00836. The molecule has 2 heterocycles. The largest absolute Gasteiger partial charge is 0.390 e. The zero-order valence-electron chi connectivity index (χ0n) is 10.7. The van der Waals surface area contributed by atoms with Gasteiger partial charge < -0.3 is 9.84 Å². The molecule has 2 rings (SSSR count). The van der Waals surface area contributed by atoms with Crippen molar-refractivity contribution in [2.24, 2.45) is 0 Å². The van der Waals surface area contributed by atoms with Gasteiger partial charge in [-0.3, -0.25) is 14.3 Å². The molecule has 0 aliphatic carbocycles. The van der Waals surface area contributed by atoms with Crippen LogP contribution in [-0.4, -0.2) is 38.6 Å². The van der Waals surface area contributed by atoms with Gasteiger partial charge in [-0.15, -0.1) is 23.2 Å². The molecule has 0 unspecified atom stereocenters. The van der Waals surface area contributed by atoms with Crippen LogP contribution in [0.3, 0.4) is 0 Å². The van der Waals surface area contributed by atoms with Gasteiger partial charge in [0.25, 0.3) is 5.56 Å². The monoisotopic (exact) mass is 322 g/mol. The molecular weight excluding hydrogens is 307 g/mol. The second kappa shape index (κ2) is 6.76. The normalized spacial score (nSPS) is 26.1. The van der Waals surface area contributed by atoms with Crippen LogP contribution >= 0.6 is 23.2 Å². The first-order chi connectivity index (χ1) is 9.56. The maximum atomic E-state index is 11.8. The fourth-order valence-electron chi connectivity index (χ4n) is 2.20. The minimum Gasteiger partial charge on any atom is -0.390 e. The van der Waals surface area contributed by atoms with Gasteiger partial charge >= 0.3 is 5.69 Å². The second-order valence-electron chi connectivity index (χ2n) is 4.70. The minimum absolute atomic E-state index is 0.148. The van der Waals surface area contributed by atoms with E-state index in [0.717, 1.165) is 0 Å². The third-order valence-corrected chi connectivity index (χ3v) is 3.86. The van der Waals surface area contributed by atoms with Crippen LogP contribution in [0.25, 0.3) is 0 Å². The van der Waals surface area contributed by atoms with Crippen molar-refractivity contribution in [2.75, 3.05) is 11.8 Å². The van der Waals surface area contributed by atoms with Crippen LogP contribution < -0.4 is 11.2 Å². The van der Waals surface area contributed by atoms with Gasteiger partial charge in [0.15, 0.2) is 0 Å². The number of hydrogen-bond acceptors (Lipinski definition) is 4. The predicted molar refractivity (Wildman–Crippen MR) is 75.6 cm³/mol. The van der Waals surface area contributed by atoms with E-state index in [1.54, 1.807) is 0 Å². The van der Waals surface area contributed by atoms with Crippen molar-refractivity contribution in [3.8, 4) is 0 Å². The average molecular weight is 323 g/mol. The van der Waals surface area contributed by atoms with E-state index >= 15 is 0 Å². The Kier molecular flexibility index (Phi) is 5.26. The summed E-state index contributed by atoms with van der Waals surface area (Å²) in [7, 11) is 0. The van der Waals surface area contributed by atoms with Crippen molar-refractivity contribution in [1.82, 2.24) is 9.55 Å². The smallest absolute Gasteiger partial charge is 0.330 e. The predicted octanol–water partition coefficient (Wildman–Crippen LogP) is 0.595. The Bertz CT molecular complexity index is 571. The van der Waals surface area contributed by atoms with Crippen molar-refractivity contribution in [1.29, 1.82) is 0 Å². The van der Waals surface area contributed by atoms with Crippen LogP contribution in [0.1, 0.15) is 24.6 Å². The SMILES string of the molecule is O=c1[nH]c(=O)n([C@H]2C[C@H](O)[C@@H](CCl)O2)cc1CCCCl. The molecule has 0 amide bonds. The summed E-state index contributed by atoms with van der Waals surface area (Å²) in [6.45, 7) is 0. The number of aromatic nitrogens is 2. The number of aromatic amines is 1. The molecule has 0 aromatic carbocycles. The molecule has 1 aromatic rings. The molecule has 20 heavy (non-hydrogen) atoms. The van der Waals surface area contributed by atoms with E-state index < -0.39 is 29.7 Å². The lowest BCUT2D eigenvalue weighted by Crippen LogP contribution is -2.34. The van der Waals surface area contributed by atoms with E-state index in [2.05, 4.69) is 4.98 Å². The molecular formula is C12H16Cl2N2O4. The highest BCUT2D eigenvalue weighted by atomic mass is 35.5. The number of aliphatic hydroxyl groups is 1. The molecule has 112 valence electrons. The summed E-state index contributed by atoms with van der Waals surface area (Å²) in [5.41, 5.74) is -0.501. The number of alkyl halides is 2. The van der Waals surface area contributed by atoms with Crippen LogP contribution in [0, 0.1) is 0 Å². The van der Waals surface area contributed by atoms with Crippen LogP contribution in [0.5, 0.6) is 0 Å². The fraction of sp³-hybridized carbons (Fsp3) is 0.667. The van der Waals surface area contributed by atoms with Crippen molar-refractivity contribution >= 4 is 23.2 Å². The highest BCUT2D eigenvalue weighted by Crippen LogP contribution is 2.28. The summed E-state index contributed by atoms with van der Waals surface area (Å²) < 4.78 is 6.81. The Hall–Kier alpha value is -0.820. The molecule has 1 aliphatic rings. The summed E-state index contributed by atoms with van der Waals surface area (Å²) in [6, 6.07) is 0. The van der Waals surface area contributed by atoms with Gasteiger partial charge in [0, 0.05) is 24.1 Å². The molecule has 1 aromatic heterocycles. The third-order valence-electron chi connectivity index (χ3n) is 3.29. The number of H-pyrrole nitrogens is 1. The molecule has 1 saturated heterocycles. The number of aryl methyl sites for hydroxylation is 1. The summed E-state index contributed by atoms with van der Waals surface area (Å²) in [5, 5.41) is 9.76. The number of aliphatic hydroxyl groups excluding tert-OH is 1. The van der Waals surface area contributed by atoms with Gasteiger partial charge in [0.2, 0.25) is 0 Å². The summed E-state index contributed by atoms with van der Waals surface area (Å²) in [5.74, 6) is 0.584. The maximum Gasteiger partial charge on any atom is 0.330 e. The van der Waals surface area contributed by atoms with Crippen LogP contribution in [0.2, 0.25) is 0 Å². The fourth-order valence-corrected chi connectivity index (χ4v) is 2.61. The van der Waals surface area contributed by atoms with Gasteiger partial charge in [-0.05, 0) is 12.8 Å². The second-order valence-corrected chi connectivity index (χ2v) is 5.39. The van der Waals surface area contributed by atoms with Crippen molar-refractivity contribution in [3.05, 3.63) is 32.6 Å². The maximum absolute atomic E-state index is 11.8. The topological polar surface area (TPSA) is 84.3 Å². The average Bonchev–Trinajstić information content (AvgIpc) is 2.79. The number of hydrogen-bond donors (Lipinski definition) is 2. The van der Waals surface area contributed by atoms with Gasteiger partial charge in [-0.2, -0.15) is 0 Å². The molecule has 0 bridgehead atoms. The lowest BCUT2D eigenvalue weighted by Gasteiger charge is -2.15. The zero-order valence-corrected chi connectivity index (χ0v) is 12.2. The van der Waals surface area contributed by atoms with Gasteiger partial charge in [0.05, 0.1) is 18.1 Å². The summed E-state index contributed by atoms with van der Waals surface area (Å²) >= 11 is 11.3. The third kappa shape index (κ3) is 3.25. The Morgan fingerprint density at radius 1 is 1.45 bits per heavy atom. The van der Waals surface area contributed by atoms with E-state index in [-0.39, 0.29) is 12.3 Å². The molecule has 0 radical (unpaired) electrons. The summed E-state index contributed by atoms with van der Waals surface area (Å²) in [6.07, 6.45) is 1.01. The Labute approximate surface area is 125 Å². The van der Waals surface area contributed by atoms with Gasteiger partial charge in [-0.25, -0.2) is 4.79 Å². The molecule has 0 saturated carbocycles. The highest BCUT2D eigenvalue weighted by Gasteiger charge is 2.34. The number of halogens is 2. The van der Waals surface area contributed by atoms with E-state index in [1.165, 1.54) is 10.8 Å². The molecule has 0 spiro atoms. The summed E-state index contributed by atoms with van der Waals surface area (Å²) in [4.78, 5) is 25.8. The van der Waals surface area contributed by atoms with Gasteiger partial charge in [-0.1, -0.05) is 0 Å². The molecule has 3 atom stereocenters. The first-order valence-electron chi connectivity index (χ1n) is 6.36. The number of ether oxygens (including phenoxy) is 1. The van der Waals surface area contributed by atoms with E-state index in [1.807, 2.05) is 0 Å². The standard InChI is InChI=1S/C12H16Cl2N2O4/c13-3-1-2-7-6-16(12(19)15-11(7)18)10-4-8(17)9(5-14)20-10/h6,8-10,17H,1-5H2,(H,15,18,19)/t8-,9+,10+/m0/s1. The van der Waals surface area contributed by atoms with E-state index in [9.17, 15) is 14.7 Å². The van der Waals surface area contributed by atoms with Crippen molar-refractivity contribution in [3.63, 3.8) is 0 Å². The van der Waals surface area contributed by atoms with Crippen LogP contribution in [0.4, 0.5) is 0 Å². The van der Waals surface area contributed by atoms with Crippen molar-refractivity contribution in [2.45, 2.75) is 37.7 Å². The Balaban J connectivity index is 2.28. The lowest BCUT2D eigenvalue weighted by atomic mass is 10.2. The zero-order chi connectivity index (χ0) is 14.7. The Morgan fingerprint density at radius 2 is 2.20 bits per heavy atom. The van der Waals surface area contributed by atoms with Crippen LogP contribution in [-0.2, 0) is 11.2 Å². The Morgan fingerprint density at radius 3 is 2.80 bits per heavy atom. The molecule has 8 heteroatoms. The number of rotatable bonds is 5. The first-order valence-corrected chi connectivity index (χ1v) is 7.43. The number of nitrogens with zero attached hydrogens (tertiary/aromatic N) is 1. The van der Waals surface area contributed by atoms with E-state index in [4.69, 9.17) is 27.9 Å². The highest BCUT2D eigenvalue weighted by molar-refractivity contribution is 6.18. The minimum atomic E-state index is -0.720. The van der Waals surface area contributed by atoms with Crippen LogP contribution in [0.15, 0.2) is 15.8 Å². The van der Waals surface area contributed by atoms with Crippen molar-refractivity contribution < 1.29 is 9.84 Å². The van der Waals surface area contributed by atoms with Gasteiger partial charge in [0.1, 0.15) is 6.23 Å². The van der Waals surface area contributed by atoms with E-state index in [0.29, 0.717) is 24.3 Å². The molecule has 1 aliphatic heterocycles. The molecule has 1 fully saturated rings. The molecule has 6 nitrogen and oxygen atoms in total. The quantitative estimate of drug-likeness (QED) is 0.777.